The molecule has 0 saturated heterocycles. The highest BCUT2D eigenvalue weighted by atomic mass is 31.0. The summed E-state index contributed by atoms with van der Waals surface area (Å²) < 4.78 is 4.36. The molecule has 0 aliphatic carbocycles. The maximum atomic E-state index is 10.6. The van der Waals surface area contributed by atoms with Crippen molar-refractivity contribution in [2.24, 2.45) is 0 Å². The van der Waals surface area contributed by atoms with E-state index in [0.717, 1.165) is 13.0 Å². The van der Waals surface area contributed by atoms with Crippen LogP contribution in [0.1, 0.15) is 45.4 Å². The Kier molecular flexibility index (Phi) is 9.56. The zero-order chi connectivity index (χ0) is 9.94. The van der Waals surface area contributed by atoms with Gasteiger partial charge in [-0.05, 0) is 6.42 Å². The Morgan fingerprint density at radius 3 is 2.46 bits per heavy atom. The third kappa shape index (κ3) is 9.62. The number of rotatable bonds is 7. The fraction of sp³-hybridized carbons (Fsp3) is 0.889. The van der Waals surface area contributed by atoms with E-state index in [4.69, 9.17) is 0 Å². The zero-order valence-corrected chi connectivity index (χ0v) is 9.50. The number of carbonyl (C=O) groups excluding carboxylic acids is 1. The van der Waals surface area contributed by atoms with E-state index in [2.05, 4.69) is 16.8 Å². The van der Waals surface area contributed by atoms with E-state index in [1.807, 2.05) is 9.47 Å². The van der Waals surface area contributed by atoms with Crippen LogP contribution in [0.4, 0.5) is 4.79 Å². The van der Waals surface area contributed by atoms with Gasteiger partial charge in [-0.25, -0.2) is 4.79 Å². The first-order valence-corrected chi connectivity index (χ1v) is 5.43. The molecule has 0 aliphatic rings. The molecule has 0 rings (SSSR count). The van der Waals surface area contributed by atoms with Crippen LogP contribution in [-0.2, 0) is 4.52 Å². The Morgan fingerprint density at radius 2 is 1.85 bits per heavy atom. The van der Waals surface area contributed by atoms with Gasteiger partial charge in [0, 0.05) is 6.54 Å². The Hall–Kier alpha value is -0.300. The third-order valence-corrected chi connectivity index (χ3v) is 2.12. The van der Waals surface area contributed by atoms with Gasteiger partial charge in [-0.3, -0.25) is 0 Å². The highest BCUT2D eigenvalue weighted by Gasteiger charge is 1.95. The second kappa shape index (κ2) is 9.79. The van der Waals surface area contributed by atoms with Gasteiger partial charge < -0.3 is 9.84 Å². The van der Waals surface area contributed by atoms with Gasteiger partial charge in [-0.2, -0.15) is 0 Å². The van der Waals surface area contributed by atoms with Crippen LogP contribution in [-0.4, -0.2) is 12.6 Å². The molecular weight excluding hydrogens is 185 g/mol. The lowest BCUT2D eigenvalue weighted by Crippen LogP contribution is -2.22. The fourth-order valence-electron chi connectivity index (χ4n) is 1.14. The molecule has 78 valence electrons. The Morgan fingerprint density at radius 1 is 1.23 bits per heavy atom. The summed E-state index contributed by atoms with van der Waals surface area (Å²) in [5.41, 5.74) is 0. The average Bonchev–Trinajstić information content (AvgIpc) is 2.16. The quantitative estimate of drug-likeness (QED) is 0.512. The first kappa shape index (κ1) is 12.7. The molecule has 0 aromatic carbocycles. The minimum atomic E-state index is -0.362. The summed E-state index contributed by atoms with van der Waals surface area (Å²) in [6.07, 6.45) is 7.05. The summed E-state index contributed by atoms with van der Waals surface area (Å²) in [5.74, 6) is 0. The highest BCUT2D eigenvalue weighted by Crippen LogP contribution is 2.04. The number of carbonyl (C=O) groups is 1. The van der Waals surface area contributed by atoms with Gasteiger partial charge in [-0.1, -0.05) is 39.0 Å². The lowest BCUT2D eigenvalue weighted by atomic mass is 10.1. The lowest BCUT2D eigenvalue weighted by molar-refractivity contribution is 0.207. The SMILES string of the molecule is CCCCCCCCNC(=O)OP. The van der Waals surface area contributed by atoms with Gasteiger partial charge in [-0.15, -0.1) is 0 Å². The molecule has 0 aromatic rings. The summed E-state index contributed by atoms with van der Waals surface area (Å²) in [5, 5.41) is 2.64. The molecule has 1 unspecified atom stereocenters. The van der Waals surface area contributed by atoms with Crippen molar-refractivity contribution in [3.05, 3.63) is 0 Å². The van der Waals surface area contributed by atoms with Gasteiger partial charge in [0.05, 0.1) is 9.47 Å². The van der Waals surface area contributed by atoms with E-state index >= 15 is 0 Å². The van der Waals surface area contributed by atoms with Gasteiger partial charge >= 0.3 is 6.09 Å². The molecule has 0 aromatic heterocycles. The molecular formula is C9H20NO2P. The molecule has 1 N–H and O–H groups in total. The summed E-state index contributed by atoms with van der Waals surface area (Å²) >= 11 is 0. The molecule has 1 amide bonds. The Labute approximate surface area is 82.9 Å². The van der Waals surface area contributed by atoms with E-state index in [1.165, 1.54) is 32.1 Å². The van der Waals surface area contributed by atoms with Crippen LogP contribution in [0.25, 0.3) is 0 Å². The van der Waals surface area contributed by atoms with Crippen LogP contribution in [0.3, 0.4) is 0 Å². The largest absolute Gasteiger partial charge is 0.435 e. The number of unbranched alkanes of at least 4 members (excludes halogenated alkanes) is 5. The van der Waals surface area contributed by atoms with E-state index in [1.54, 1.807) is 0 Å². The monoisotopic (exact) mass is 205 g/mol. The van der Waals surface area contributed by atoms with E-state index in [9.17, 15) is 4.79 Å². The van der Waals surface area contributed by atoms with Crippen LogP contribution in [0.15, 0.2) is 0 Å². The molecule has 3 nitrogen and oxygen atoms in total. The molecule has 0 bridgehead atoms. The topological polar surface area (TPSA) is 38.3 Å². The number of hydrogen-bond acceptors (Lipinski definition) is 2. The summed E-state index contributed by atoms with van der Waals surface area (Å²) in [7, 11) is 1.93. The van der Waals surface area contributed by atoms with Crippen LogP contribution >= 0.6 is 9.47 Å². The highest BCUT2D eigenvalue weighted by molar-refractivity contribution is 7.10. The minimum Gasteiger partial charge on any atom is -0.435 e. The maximum Gasteiger partial charge on any atom is 0.409 e. The first-order valence-electron chi connectivity index (χ1n) is 4.95. The van der Waals surface area contributed by atoms with Crippen molar-refractivity contribution in [2.45, 2.75) is 45.4 Å². The molecule has 0 saturated carbocycles. The average molecular weight is 205 g/mol. The number of amides is 1. The van der Waals surface area contributed by atoms with E-state index in [0.29, 0.717) is 0 Å². The van der Waals surface area contributed by atoms with Crippen molar-refractivity contribution in [3.8, 4) is 0 Å². The second-order valence-corrected chi connectivity index (χ2v) is 3.34. The van der Waals surface area contributed by atoms with Crippen molar-refractivity contribution >= 4 is 15.6 Å². The molecule has 0 aliphatic heterocycles. The minimum absolute atomic E-state index is 0.362. The van der Waals surface area contributed by atoms with E-state index in [-0.39, 0.29) is 6.09 Å². The van der Waals surface area contributed by atoms with Crippen LogP contribution in [0, 0.1) is 0 Å². The van der Waals surface area contributed by atoms with Gasteiger partial charge in [0.15, 0.2) is 0 Å². The molecule has 0 heterocycles. The predicted molar refractivity (Wildman–Crippen MR) is 57.6 cm³/mol. The molecule has 4 heteroatoms. The van der Waals surface area contributed by atoms with Crippen LogP contribution < -0.4 is 5.32 Å². The van der Waals surface area contributed by atoms with Crippen molar-refractivity contribution < 1.29 is 9.32 Å². The molecule has 13 heavy (non-hydrogen) atoms. The van der Waals surface area contributed by atoms with Crippen LogP contribution in [0.5, 0.6) is 0 Å². The van der Waals surface area contributed by atoms with Crippen LogP contribution in [0.2, 0.25) is 0 Å². The first-order chi connectivity index (χ1) is 6.31. The molecule has 0 fully saturated rings. The summed E-state index contributed by atoms with van der Waals surface area (Å²) in [6, 6.07) is 0. The zero-order valence-electron chi connectivity index (χ0n) is 8.34. The van der Waals surface area contributed by atoms with Gasteiger partial charge in [0.2, 0.25) is 0 Å². The van der Waals surface area contributed by atoms with Gasteiger partial charge in [0.1, 0.15) is 0 Å². The van der Waals surface area contributed by atoms with E-state index < -0.39 is 0 Å². The summed E-state index contributed by atoms with van der Waals surface area (Å²) in [4.78, 5) is 10.6. The van der Waals surface area contributed by atoms with Crippen molar-refractivity contribution in [1.82, 2.24) is 5.32 Å². The lowest BCUT2D eigenvalue weighted by Gasteiger charge is -2.02. The number of nitrogens with one attached hydrogen (secondary N) is 1. The Bertz CT molecular complexity index is 131. The molecule has 0 radical (unpaired) electrons. The van der Waals surface area contributed by atoms with Gasteiger partial charge in [0.25, 0.3) is 0 Å². The van der Waals surface area contributed by atoms with Crippen molar-refractivity contribution in [3.63, 3.8) is 0 Å². The second-order valence-electron chi connectivity index (χ2n) is 3.10. The maximum absolute atomic E-state index is 10.6. The third-order valence-electron chi connectivity index (χ3n) is 1.91. The fourth-order valence-corrected chi connectivity index (χ4v) is 1.22. The standard InChI is InChI=1S/C9H20NO2P/c1-2-3-4-5-6-7-8-10-9(11)12-13/h2-8,13H2,1H3,(H,10,11). The normalized spacial score (nSPS) is 9.69. The Balaban J connectivity index is 2.95. The predicted octanol–water partition coefficient (Wildman–Crippen LogP) is 2.86. The molecule has 1 atom stereocenters. The van der Waals surface area contributed by atoms with Crippen molar-refractivity contribution in [1.29, 1.82) is 0 Å². The smallest absolute Gasteiger partial charge is 0.409 e. The van der Waals surface area contributed by atoms with Crippen molar-refractivity contribution in [2.75, 3.05) is 6.54 Å². The molecule has 0 spiro atoms. The summed E-state index contributed by atoms with van der Waals surface area (Å²) in [6.45, 7) is 2.93. The number of hydrogen-bond donors (Lipinski definition) is 1.